The van der Waals surface area contributed by atoms with E-state index in [0.717, 1.165) is 9.48 Å². The van der Waals surface area contributed by atoms with Crippen LogP contribution in [0.2, 0.25) is 10.0 Å². The lowest BCUT2D eigenvalue weighted by molar-refractivity contribution is -0.145. The lowest BCUT2D eigenvalue weighted by atomic mass is 10.0. The van der Waals surface area contributed by atoms with Gasteiger partial charge in [0.25, 0.3) is 17.6 Å². The highest BCUT2D eigenvalue weighted by Gasteiger charge is 2.37. The predicted molar refractivity (Wildman–Crippen MR) is 144 cm³/mol. The van der Waals surface area contributed by atoms with E-state index in [1.54, 1.807) is 39.8 Å². The Hall–Kier alpha value is -4.04. The van der Waals surface area contributed by atoms with Crippen molar-refractivity contribution in [2.24, 2.45) is 0 Å². The highest BCUT2D eigenvalue weighted by Crippen LogP contribution is 2.29. The maximum absolute atomic E-state index is 13.7. The Bertz CT molecular complexity index is 1630. The lowest BCUT2D eigenvalue weighted by Crippen LogP contribution is -2.41. The normalized spacial score (nSPS) is 12.7. The van der Waals surface area contributed by atoms with Crippen LogP contribution in [-0.2, 0) is 6.18 Å². The Morgan fingerprint density at radius 1 is 1.05 bits per heavy atom. The van der Waals surface area contributed by atoms with Crippen LogP contribution in [0.3, 0.4) is 0 Å². The van der Waals surface area contributed by atoms with Crippen molar-refractivity contribution in [2.45, 2.75) is 52.4 Å². The Kier molecular flexibility index (Phi) is 8.09. The average molecular weight is 610 g/mol. The van der Waals surface area contributed by atoms with Gasteiger partial charge in [-0.2, -0.15) is 23.1 Å². The number of anilines is 1. The minimum absolute atomic E-state index is 0.0822. The van der Waals surface area contributed by atoms with Crippen LogP contribution in [0, 0.1) is 6.92 Å². The predicted octanol–water partition coefficient (Wildman–Crippen LogP) is 5.28. The van der Waals surface area contributed by atoms with Crippen LogP contribution < -0.4 is 10.6 Å². The highest BCUT2D eigenvalue weighted by atomic mass is 35.5. The number of carbonyl (C=O) groups is 2. The lowest BCUT2D eigenvalue weighted by Gasteiger charge is -2.22. The van der Waals surface area contributed by atoms with Crippen LogP contribution in [-0.4, -0.2) is 52.3 Å². The second kappa shape index (κ2) is 11.1. The van der Waals surface area contributed by atoms with Crippen LogP contribution in [0.25, 0.3) is 5.82 Å². The molecule has 3 heterocycles. The molecule has 11 nitrogen and oxygen atoms in total. The van der Waals surface area contributed by atoms with Crippen molar-refractivity contribution < 1.29 is 22.8 Å². The first kappa shape index (κ1) is 29.9. The molecule has 1 aromatic carbocycles. The van der Waals surface area contributed by atoms with E-state index in [1.165, 1.54) is 31.3 Å². The number of benzene rings is 1. The van der Waals surface area contributed by atoms with Gasteiger partial charge in [-0.3, -0.25) is 9.59 Å². The SMILES string of the molecule is Cc1cc(Cl)cc(C(=O)NC(C)(C)C)c1NC(=O)c1cc(C(C)n2nnc(C(F)(F)F)n2)nn1-c1ncccc1Cl. The summed E-state index contributed by atoms with van der Waals surface area (Å²) in [7, 11) is 0. The first-order chi connectivity index (χ1) is 19.0. The number of amides is 2. The van der Waals surface area contributed by atoms with Crippen molar-refractivity contribution in [3.8, 4) is 5.82 Å². The number of aryl methyl sites for hydroxylation is 1. The number of nitrogens with one attached hydrogen (secondary N) is 2. The molecule has 4 rings (SSSR count). The third-order valence-corrected chi connectivity index (χ3v) is 6.14. The molecule has 2 amide bonds. The molecule has 0 aliphatic rings. The summed E-state index contributed by atoms with van der Waals surface area (Å²) in [5.74, 6) is -2.52. The monoisotopic (exact) mass is 609 g/mol. The summed E-state index contributed by atoms with van der Waals surface area (Å²) in [6.07, 6.45) is -3.36. The van der Waals surface area contributed by atoms with Crippen molar-refractivity contribution in [3.05, 3.63) is 74.9 Å². The van der Waals surface area contributed by atoms with Gasteiger partial charge in [0.2, 0.25) is 0 Å². The minimum atomic E-state index is -4.79. The van der Waals surface area contributed by atoms with Crippen molar-refractivity contribution >= 4 is 40.7 Å². The molecule has 1 unspecified atom stereocenters. The van der Waals surface area contributed by atoms with Gasteiger partial charge >= 0.3 is 6.18 Å². The molecule has 0 saturated carbocycles. The number of halogens is 5. The molecule has 0 saturated heterocycles. The van der Waals surface area contributed by atoms with Gasteiger partial charge in [0, 0.05) is 16.8 Å². The van der Waals surface area contributed by atoms with E-state index in [1.807, 2.05) is 0 Å². The van der Waals surface area contributed by atoms with Crippen LogP contribution in [0.15, 0.2) is 36.5 Å². The topological polar surface area (TPSA) is 133 Å². The molecule has 16 heteroatoms. The first-order valence-corrected chi connectivity index (χ1v) is 12.8. The Balaban J connectivity index is 1.78. The van der Waals surface area contributed by atoms with E-state index < -0.39 is 35.4 Å². The number of tetrazole rings is 1. The summed E-state index contributed by atoms with van der Waals surface area (Å²) in [5, 5.41) is 20.4. The first-order valence-electron chi connectivity index (χ1n) is 12.1. The summed E-state index contributed by atoms with van der Waals surface area (Å²) >= 11 is 12.6. The van der Waals surface area contributed by atoms with Gasteiger partial charge in [-0.15, -0.1) is 10.2 Å². The van der Waals surface area contributed by atoms with E-state index in [4.69, 9.17) is 23.2 Å². The maximum Gasteiger partial charge on any atom is 0.455 e. The Morgan fingerprint density at radius 3 is 2.37 bits per heavy atom. The molecule has 0 aliphatic heterocycles. The van der Waals surface area contributed by atoms with E-state index in [0.29, 0.717) is 10.6 Å². The Morgan fingerprint density at radius 2 is 1.76 bits per heavy atom. The molecular weight excluding hydrogens is 586 g/mol. The number of carbonyl (C=O) groups excluding carboxylic acids is 2. The average Bonchev–Trinajstić information content (AvgIpc) is 3.52. The van der Waals surface area contributed by atoms with Gasteiger partial charge in [0.15, 0.2) is 5.82 Å². The largest absolute Gasteiger partial charge is 0.455 e. The summed E-state index contributed by atoms with van der Waals surface area (Å²) in [5.41, 5.74) is 0.285. The number of rotatable bonds is 6. The van der Waals surface area contributed by atoms with E-state index >= 15 is 0 Å². The van der Waals surface area contributed by atoms with Crippen LogP contribution in [0.1, 0.15) is 71.7 Å². The highest BCUT2D eigenvalue weighted by molar-refractivity contribution is 6.32. The fraction of sp³-hybridized carbons (Fsp3) is 0.320. The molecule has 41 heavy (non-hydrogen) atoms. The second-order valence-electron chi connectivity index (χ2n) is 10.1. The van der Waals surface area contributed by atoms with Gasteiger partial charge in [-0.05, 0) is 75.7 Å². The van der Waals surface area contributed by atoms with E-state index in [2.05, 4.69) is 36.1 Å². The molecule has 0 bridgehead atoms. The van der Waals surface area contributed by atoms with Crippen LogP contribution >= 0.6 is 23.2 Å². The molecular formula is C25H24Cl2F3N9O2. The molecule has 2 N–H and O–H groups in total. The van der Waals surface area contributed by atoms with Crippen molar-refractivity contribution in [3.63, 3.8) is 0 Å². The molecule has 4 aromatic rings. The maximum atomic E-state index is 13.7. The zero-order valence-electron chi connectivity index (χ0n) is 22.4. The van der Waals surface area contributed by atoms with E-state index in [9.17, 15) is 22.8 Å². The van der Waals surface area contributed by atoms with Gasteiger partial charge in [0.1, 0.15) is 11.7 Å². The van der Waals surface area contributed by atoms with Crippen LogP contribution in [0.5, 0.6) is 0 Å². The van der Waals surface area contributed by atoms with Gasteiger partial charge in [-0.25, -0.2) is 9.67 Å². The molecule has 0 radical (unpaired) electrons. The molecule has 0 fully saturated rings. The van der Waals surface area contributed by atoms with Crippen molar-refractivity contribution in [2.75, 3.05) is 5.32 Å². The summed E-state index contributed by atoms with van der Waals surface area (Å²) in [6.45, 7) is 8.57. The van der Waals surface area contributed by atoms with Crippen molar-refractivity contribution in [1.82, 2.24) is 40.3 Å². The number of hydrogen-bond donors (Lipinski definition) is 2. The molecule has 0 spiro atoms. The minimum Gasteiger partial charge on any atom is -0.347 e. The third-order valence-electron chi connectivity index (χ3n) is 5.63. The quantitative estimate of drug-likeness (QED) is 0.304. The zero-order chi connectivity index (χ0) is 30.3. The van der Waals surface area contributed by atoms with Gasteiger partial charge in [0.05, 0.1) is 22.0 Å². The van der Waals surface area contributed by atoms with E-state index in [-0.39, 0.29) is 33.5 Å². The van der Waals surface area contributed by atoms with Crippen molar-refractivity contribution in [1.29, 1.82) is 0 Å². The molecule has 1 atom stereocenters. The standard InChI is InChI=1S/C25H24Cl2F3N9O2/c1-12-9-14(26)10-15(21(40)33-24(3,4)5)19(12)32-22(41)18-11-17(35-38(18)20-16(27)7-6-8-31-20)13(2)39-36-23(34-37-39)25(28,29)30/h6-11,13H,1-5H3,(H,32,41)(H,33,40). The molecule has 3 aromatic heterocycles. The zero-order valence-corrected chi connectivity index (χ0v) is 23.9. The summed E-state index contributed by atoms with van der Waals surface area (Å²) in [6, 6.07) is 6.48. The molecule has 0 aliphatic carbocycles. The number of nitrogens with zero attached hydrogens (tertiary/aromatic N) is 7. The number of aromatic nitrogens is 7. The van der Waals surface area contributed by atoms with Crippen LogP contribution in [0.4, 0.5) is 18.9 Å². The number of alkyl halides is 3. The summed E-state index contributed by atoms with van der Waals surface area (Å²) < 4.78 is 40.3. The third kappa shape index (κ3) is 6.65. The fourth-order valence-corrected chi connectivity index (χ4v) is 4.23. The summed E-state index contributed by atoms with van der Waals surface area (Å²) in [4.78, 5) is 31.7. The smallest absolute Gasteiger partial charge is 0.347 e. The fourth-order valence-electron chi connectivity index (χ4n) is 3.75. The molecule has 216 valence electrons. The van der Waals surface area contributed by atoms with Gasteiger partial charge in [-0.1, -0.05) is 23.2 Å². The number of hydrogen-bond acceptors (Lipinski definition) is 7. The second-order valence-corrected chi connectivity index (χ2v) is 10.9. The van der Waals surface area contributed by atoms with Gasteiger partial charge < -0.3 is 10.6 Å². The Labute approximate surface area is 242 Å². The number of pyridine rings is 1.